The van der Waals surface area contributed by atoms with Crippen LogP contribution in [0.2, 0.25) is 0 Å². The minimum atomic E-state index is -1.58. The van der Waals surface area contributed by atoms with Gasteiger partial charge < -0.3 is 45.1 Å². The molecule has 11 nitrogen and oxygen atoms in total. The fourth-order valence-electron chi connectivity index (χ4n) is 9.03. The molecule has 0 saturated carbocycles. The van der Waals surface area contributed by atoms with Crippen LogP contribution in [-0.2, 0) is 23.8 Å². The molecule has 11 heteroatoms. The molecule has 1 amide bonds. The van der Waals surface area contributed by atoms with Gasteiger partial charge in [0, 0.05) is 12.8 Å². The third-order valence-electron chi connectivity index (χ3n) is 13.8. The summed E-state index contributed by atoms with van der Waals surface area (Å²) in [7, 11) is 0. The van der Waals surface area contributed by atoms with E-state index in [1.54, 1.807) is 6.08 Å². The number of unbranched alkanes of at least 4 members (excludes halogenated alkanes) is 28. The average Bonchev–Trinajstić information content (AvgIpc) is 3.40. The van der Waals surface area contributed by atoms with E-state index in [1.807, 2.05) is 19.1 Å². The van der Waals surface area contributed by atoms with Crippen LogP contribution in [0, 0.1) is 0 Å². The first-order valence-electron chi connectivity index (χ1n) is 30.2. The van der Waals surface area contributed by atoms with E-state index in [-0.39, 0.29) is 18.5 Å². The fourth-order valence-corrected chi connectivity index (χ4v) is 9.03. The molecule has 0 aliphatic carbocycles. The summed E-state index contributed by atoms with van der Waals surface area (Å²) in [6.07, 6.45) is 58.9. The zero-order chi connectivity index (χ0) is 53.8. The smallest absolute Gasteiger partial charge is 0.305 e. The Hall–Kier alpha value is -2.90. The molecular formula is C63H111NO10. The van der Waals surface area contributed by atoms with E-state index in [1.165, 1.54) is 128 Å². The highest BCUT2D eigenvalue weighted by Crippen LogP contribution is 2.23. The lowest BCUT2D eigenvalue weighted by Crippen LogP contribution is -2.60. The van der Waals surface area contributed by atoms with Crippen molar-refractivity contribution >= 4 is 11.9 Å². The van der Waals surface area contributed by atoms with E-state index < -0.39 is 49.5 Å². The number of hydrogen-bond acceptors (Lipinski definition) is 10. The van der Waals surface area contributed by atoms with Crippen molar-refractivity contribution in [1.29, 1.82) is 0 Å². The third-order valence-corrected chi connectivity index (χ3v) is 13.8. The molecule has 0 radical (unpaired) electrons. The summed E-state index contributed by atoms with van der Waals surface area (Å²) in [5, 5.41) is 54.1. The van der Waals surface area contributed by atoms with Crippen molar-refractivity contribution in [2.75, 3.05) is 19.8 Å². The van der Waals surface area contributed by atoms with Crippen LogP contribution in [0.4, 0.5) is 0 Å². The largest absolute Gasteiger partial charge is 0.466 e. The van der Waals surface area contributed by atoms with Gasteiger partial charge in [0.25, 0.3) is 0 Å². The number of carbonyl (C=O) groups excluding carboxylic acids is 2. The average molecular weight is 1040 g/mol. The Balaban J connectivity index is 2.00. The van der Waals surface area contributed by atoms with E-state index >= 15 is 0 Å². The van der Waals surface area contributed by atoms with E-state index in [2.05, 4.69) is 66.9 Å². The molecule has 1 saturated heterocycles. The predicted molar refractivity (Wildman–Crippen MR) is 306 cm³/mol. The van der Waals surface area contributed by atoms with Gasteiger partial charge in [-0.3, -0.25) is 9.59 Å². The van der Waals surface area contributed by atoms with Crippen LogP contribution >= 0.6 is 0 Å². The van der Waals surface area contributed by atoms with E-state index in [0.29, 0.717) is 19.4 Å². The monoisotopic (exact) mass is 1040 g/mol. The molecule has 0 aromatic carbocycles. The second-order valence-electron chi connectivity index (χ2n) is 20.7. The normalized spacial score (nSPS) is 19.4. The fraction of sp³-hybridized carbons (Fsp3) is 0.778. The quantitative estimate of drug-likeness (QED) is 0.0195. The van der Waals surface area contributed by atoms with Gasteiger partial charge >= 0.3 is 5.97 Å². The molecule has 0 aromatic heterocycles. The molecule has 6 N–H and O–H groups in total. The Morgan fingerprint density at radius 2 is 0.973 bits per heavy atom. The third kappa shape index (κ3) is 41.3. The van der Waals surface area contributed by atoms with Crippen molar-refractivity contribution < 1.29 is 49.3 Å². The first-order chi connectivity index (χ1) is 36.2. The van der Waals surface area contributed by atoms with Gasteiger partial charge in [0.05, 0.1) is 32.0 Å². The second kappa shape index (κ2) is 52.2. The minimum absolute atomic E-state index is 0.0159. The molecule has 7 atom stereocenters. The van der Waals surface area contributed by atoms with E-state index in [4.69, 9.17) is 14.2 Å². The highest BCUT2D eigenvalue weighted by molar-refractivity contribution is 5.76. The van der Waals surface area contributed by atoms with Crippen molar-refractivity contribution in [2.45, 2.75) is 294 Å². The van der Waals surface area contributed by atoms with Gasteiger partial charge in [0.1, 0.15) is 24.4 Å². The highest BCUT2D eigenvalue weighted by atomic mass is 16.7. The number of allylic oxidation sites excluding steroid dienone is 11. The van der Waals surface area contributed by atoms with Crippen LogP contribution in [-0.4, -0.2) is 100 Å². The lowest BCUT2D eigenvalue weighted by Gasteiger charge is -2.40. The van der Waals surface area contributed by atoms with E-state index in [9.17, 15) is 35.1 Å². The number of aliphatic hydroxyl groups is 5. The number of ether oxygens (including phenoxy) is 3. The molecule has 0 bridgehead atoms. The maximum atomic E-state index is 13.0. The van der Waals surface area contributed by atoms with Gasteiger partial charge in [-0.15, -0.1) is 0 Å². The standard InChI is InChI=1S/C63H111NO10/c1-3-5-7-9-11-13-14-27-31-35-39-43-47-51-59(68)72-52-48-44-40-36-32-29-26-24-22-20-18-16-15-17-19-21-23-25-28-30-34-38-42-46-50-58(67)64-55(56(66)49-45-41-37-33-12-10-8-6-4-2)54-73-63-62(71)61(70)60(69)57(53-65)74-63/h4,6-7,9,12-14,17,19,33,45,49,55-57,60-63,65-66,69-71H,3,5,8,10-11,15-16,18,20-32,34-44,46-48,50-54H2,1-2H3,(H,64,67)/b6-4+,9-7-,14-13-,19-17-,33-12+,49-45+. The summed E-state index contributed by atoms with van der Waals surface area (Å²) in [6.45, 7) is 4.01. The Bertz CT molecular complexity index is 1460. The van der Waals surface area contributed by atoms with Gasteiger partial charge in [0.15, 0.2) is 6.29 Å². The summed E-state index contributed by atoms with van der Waals surface area (Å²) in [6, 6.07) is -0.838. The summed E-state index contributed by atoms with van der Waals surface area (Å²) < 4.78 is 16.6. The minimum Gasteiger partial charge on any atom is -0.466 e. The van der Waals surface area contributed by atoms with Gasteiger partial charge in [-0.1, -0.05) is 208 Å². The molecule has 7 unspecified atom stereocenters. The summed E-state index contributed by atoms with van der Waals surface area (Å²) in [4.78, 5) is 25.0. The van der Waals surface area contributed by atoms with Gasteiger partial charge in [-0.05, 0) is 103 Å². The molecule has 1 aliphatic heterocycles. The van der Waals surface area contributed by atoms with Crippen LogP contribution < -0.4 is 5.32 Å². The highest BCUT2D eigenvalue weighted by Gasteiger charge is 2.44. The first-order valence-corrected chi connectivity index (χ1v) is 30.2. The number of amides is 1. The summed E-state index contributed by atoms with van der Waals surface area (Å²) in [5.74, 6) is -0.221. The van der Waals surface area contributed by atoms with Crippen molar-refractivity contribution in [3.8, 4) is 0 Å². The lowest BCUT2D eigenvalue weighted by atomic mass is 9.99. The zero-order valence-electron chi connectivity index (χ0n) is 47.0. The first kappa shape index (κ1) is 69.1. The van der Waals surface area contributed by atoms with Crippen LogP contribution in [0.1, 0.15) is 251 Å². The number of aliphatic hydroxyl groups excluding tert-OH is 5. The Morgan fingerprint density at radius 3 is 1.50 bits per heavy atom. The number of rotatable bonds is 51. The van der Waals surface area contributed by atoms with Gasteiger partial charge in [-0.25, -0.2) is 0 Å². The van der Waals surface area contributed by atoms with Crippen molar-refractivity contribution in [3.63, 3.8) is 0 Å². The van der Waals surface area contributed by atoms with Crippen LogP contribution in [0.3, 0.4) is 0 Å². The van der Waals surface area contributed by atoms with Crippen molar-refractivity contribution in [2.24, 2.45) is 0 Å². The lowest BCUT2D eigenvalue weighted by molar-refractivity contribution is -0.302. The molecule has 428 valence electrons. The van der Waals surface area contributed by atoms with E-state index in [0.717, 1.165) is 96.3 Å². The number of esters is 1. The van der Waals surface area contributed by atoms with Crippen LogP contribution in [0.15, 0.2) is 72.9 Å². The van der Waals surface area contributed by atoms with Crippen molar-refractivity contribution in [3.05, 3.63) is 72.9 Å². The summed E-state index contributed by atoms with van der Waals surface area (Å²) in [5.41, 5.74) is 0. The van der Waals surface area contributed by atoms with Gasteiger partial charge in [0.2, 0.25) is 5.91 Å². The Morgan fingerprint density at radius 1 is 0.527 bits per heavy atom. The van der Waals surface area contributed by atoms with Crippen LogP contribution in [0.25, 0.3) is 0 Å². The summed E-state index contributed by atoms with van der Waals surface area (Å²) >= 11 is 0. The Kier molecular flexibility index (Phi) is 48.7. The number of nitrogens with one attached hydrogen (secondary N) is 1. The van der Waals surface area contributed by atoms with Crippen LogP contribution in [0.5, 0.6) is 0 Å². The molecule has 1 rings (SSSR count). The zero-order valence-corrected chi connectivity index (χ0v) is 47.0. The topological polar surface area (TPSA) is 175 Å². The van der Waals surface area contributed by atoms with Crippen molar-refractivity contribution in [1.82, 2.24) is 5.32 Å². The molecule has 74 heavy (non-hydrogen) atoms. The molecule has 1 fully saturated rings. The molecule has 0 spiro atoms. The molecule has 0 aromatic rings. The maximum absolute atomic E-state index is 13.0. The molecular weight excluding hydrogens is 931 g/mol. The SMILES string of the molecule is C/C=C/CC/C=C/CC/C=C/C(O)C(COC1OC(CO)C(O)C(O)C1O)NC(=O)CCCCCCCCCC/C=C\CCCCCCCCCCCCCCOC(=O)CCCCCCC/C=C\C/C=C\CCC. The Labute approximate surface area is 451 Å². The second-order valence-corrected chi connectivity index (χ2v) is 20.7. The predicted octanol–water partition coefficient (Wildman–Crippen LogP) is 14.0. The maximum Gasteiger partial charge on any atom is 0.305 e. The van der Waals surface area contributed by atoms with Gasteiger partial charge in [-0.2, -0.15) is 0 Å². The molecule has 1 heterocycles. The number of hydrogen-bond donors (Lipinski definition) is 6. The molecule has 1 aliphatic rings. The number of carbonyl (C=O) groups is 2.